The quantitative estimate of drug-likeness (QED) is 0.900. The van der Waals surface area contributed by atoms with Crippen molar-refractivity contribution in [2.24, 2.45) is 0 Å². The van der Waals surface area contributed by atoms with Gasteiger partial charge in [0.25, 0.3) is 0 Å². The smallest absolute Gasteiger partial charge is 0.409 e. The number of carbonyl (C=O) groups excluding carboxylic acids is 1. The molecule has 0 spiro atoms. The number of amides is 1. The summed E-state index contributed by atoms with van der Waals surface area (Å²) in [7, 11) is 0. The highest BCUT2D eigenvalue weighted by atomic mass is 16.6. The second-order valence-corrected chi connectivity index (χ2v) is 6.77. The van der Waals surface area contributed by atoms with E-state index in [0.717, 1.165) is 52.1 Å². The standard InChI is InChI=1S/C19H28N2O3/c1-2-24-18(22)21-11-8-17(14-21)20-15-19(9-12-23-13-10-19)16-6-4-3-5-7-16/h3-7,17,20H,2,8-15H2,1H3/t17-/m1/s1. The maximum Gasteiger partial charge on any atom is 0.409 e. The molecule has 0 aliphatic carbocycles. The van der Waals surface area contributed by atoms with Crippen molar-refractivity contribution in [1.82, 2.24) is 10.2 Å². The SMILES string of the molecule is CCOC(=O)N1CC[C@@H](NCC2(c3ccccc3)CCOCC2)C1. The van der Waals surface area contributed by atoms with Gasteiger partial charge < -0.3 is 19.7 Å². The zero-order chi connectivity index (χ0) is 16.8. The molecule has 1 atom stereocenters. The zero-order valence-electron chi connectivity index (χ0n) is 14.5. The van der Waals surface area contributed by atoms with Crippen LogP contribution < -0.4 is 5.32 Å². The van der Waals surface area contributed by atoms with Crippen LogP contribution in [-0.2, 0) is 14.9 Å². The molecule has 1 N–H and O–H groups in total. The fourth-order valence-corrected chi connectivity index (χ4v) is 3.77. The van der Waals surface area contributed by atoms with Gasteiger partial charge in [-0.25, -0.2) is 4.79 Å². The number of hydrogen-bond donors (Lipinski definition) is 1. The Balaban J connectivity index is 1.60. The Hall–Kier alpha value is -1.59. The summed E-state index contributed by atoms with van der Waals surface area (Å²) in [5.41, 5.74) is 1.53. The highest BCUT2D eigenvalue weighted by molar-refractivity contribution is 5.68. The molecular formula is C19H28N2O3. The van der Waals surface area contributed by atoms with Gasteiger partial charge in [0.05, 0.1) is 6.61 Å². The molecule has 3 rings (SSSR count). The lowest BCUT2D eigenvalue weighted by Gasteiger charge is -2.39. The number of carbonyl (C=O) groups is 1. The minimum Gasteiger partial charge on any atom is -0.450 e. The third-order valence-corrected chi connectivity index (χ3v) is 5.28. The van der Waals surface area contributed by atoms with Crippen LogP contribution in [0.2, 0.25) is 0 Å². The van der Waals surface area contributed by atoms with Crippen LogP contribution in [-0.4, -0.2) is 56.5 Å². The van der Waals surface area contributed by atoms with E-state index in [1.807, 2.05) is 6.92 Å². The Labute approximate surface area is 144 Å². The van der Waals surface area contributed by atoms with Gasteiger partial charge in [-0.1, -0.05) is 30.3 Å². The third kappa shape index (κ3) is 3.90. The predicted molar refractivity (Wildman–Crippen MR) is 93.2 cm³/mol. The molecular weight excluding hydrogens is 304 g/mol. The van der Waals surface area contributed by atoms with E-state index < -0.39 is 0 Å². The van der Waals surface area contributed by atoms with Gasteiger partial charge in [-0.05, 0) is 31.7 Å². The first-order chi connectivity index (χ1) is 11.7. The van der Waals surface area contributed by atoms with E-state index in [0.29, 0.717) is 12.6 Å². The summed E-state index contributed by atoms with van der Waals surface area (Å²) < 4.78 is 10.7. The number of hydrogen-bond acceptors (Lipinski definition) is 4. The van der Waals surface area contributed by atoms with Gasteiger partial charge in [-0.2, -0.15) is 0 Å². The van der Waals surface area contributed by atoms with Crippen LogP contribution >= 0.6 is 0 Å². The average Bonchev–Trinajstić information content (AvgIpc) is 3.11. The van der Waals surface area contributed by atoms with Crippen molar-refractivity contribution in [2.75, 3.05) is 39.5 Å². The second-order valence-electron chi connectivity index (χ2n) is 6.77. The van der Waals surface area contributed by atoms with Crippen LogP contribution in [0, 0.1) is 0 Å². The van der Waals surface area contributed by atoms with Gasteiger partial charge in [0, 0.05) is 44.3 Å². The molecule has 0 unspecified atom stereocenters. The van der Waals surface area contributed by atoms with Crippen LogP contribution in [0.25, 0.3) is 0 Å². The number of nitrogens with one attached hydrogen (secondary N) is 1. The maximum atomic E-state index is 11.8. The molecule has 2 aliphatic heterocycles. The topological polar surface area (TPSA) is 50.8 Å². The monoisotopic (exact) mass is 332 g/mol. The number of ether oxygens (including phenoxy) is 2. The Morgan fingerprint density at radius 1 is 1.33 bits per heavy atom. The van der Waals surface area contributed by atoms with Gasteiger partial charge in [-0.15, -0.1) is 0 Å². The molecule has 5 heteroatoms. The molecule has 2 saturated heterocycles. The van der Waals surface area contributed by atoms with Crippen molar-refractivity contribution >= 4 is 6.09 Å². The lowest BCUT2D eigenvalue weighted by molar-refractivity contribution is 0.0489. The highest BCUT2D eigenvalue weighted by Crippen LogP contribution is 2.34. The summed E-state index contributed by atoms with van der Waals surface area (Å²) in [6.45, 7) is 6.36. The van der Waals surface area contributed by atoms with Crippen molar-refractivity contribution < 1.29 is 14.3 Å². The molecule has 1 amide bonds. The summed E-state index contributed by atoms with van der Waals surface area (Å²) in [5.74, 6) is 0. The van der Waals surface area contributed by atoms with Gasteiger partial charge >= 0.3 is 6.09 Å². The Kier molecular flexibility index (Phi) is 5.74. The fraction of sp³-hybridized carbons (Fsp3) is 0.632. The molecule has 24 heavy (non-hydrogen) atoms. The average molecular weight is 332 g/mol. The van der Waals surface area contributed by atoms with Gasteiger partial charge in [0.1, 0.15) is 0 Å². The lowest BCUT2D eigenvalue weighted by Crippen LogP contribution is -2.46. The van der Waals surface area contributed by atoms with E-state index in [1.165, 1.54) is 5.56 Å². The molecule has 1 aromatic carbocycles. The highest BCUT2D eigenvalue weighted by Gasteiger charge is 2.36. The minimum atomic E-state index is -0.189. The number of likely N-dealkylation sites (tertiary alicyclic amines) is 1. The molecule has 0 radical (unpaired) electrons. The molecule has 0 saturated carbocycles. The Bertz CT molecular complexity index is 529. The molecule has 2 fully saturated rings. The van der Waals surface area contributed by atoms with Crippen LogP contribution in [0.15, 0.2) is 30.3 Å². The summed E-state index contributed by atoms with van der Waals surface area (Å²) in [6, 6.07) is 11.1. The first-order valence-corrected chi connectivity index (χ1v) is 9.02. The van der Waals surface area contributed by atoms with Crippen molar-refractivity contribution in [3.63, 3.8) is 0 Å². The summed E-state index contributed by atoms with van der Waals surface area (Å²) in [5, 5.41) is 3.71. The predicted octanol–water partition coefficient (Wildman–Crippen LogP) is 2.56. The molecule has 0 aromatic heterocycles. The molecule has 1 aromatic rings. The van der Waals surface area contributed by atoms with Crippen LogP contribution in [0.1, 0.15) is 31.7 Å². The second kappa shape index (κ2) is 7.99. The Morgan fingerprint density at radius 3 is 2.79 bits per heavy atom. The largest absolute Gasteiger partial charge is 0.450 e. The van der Waals surface area contributed by atoms with Gasteiger partial charge in [0.15, 0.2) is 0 Å². The first-order valence-electron chi connectivity index (χ1n) is 9.02. The van der Waals surface area contributed by atoms with E-state index in [1.54, 1.807) is 4.90 Å². The van der Waals surface area contributed by atoms with E-state index in [2.05, 4.69) is 35.6 Å². The van der Waals surface area contributed by atoms with Crippen LogP contribution in [0.3, 0.4) is 0 Å². The normalized spacial score (nSPS) is 23.2. The van der Waals surface area contributed by atoms with Crippen molar-refractivity contribution in [3.8, 4) is 0 Å². The number of rotatable bonds is 5. The van der Waals surface area contributed by atoms with E-state index >= 15 is 0 Å². The maximum absolute atomic E-state index is 11.8. The van der Waals surface area contributed by atoms with Crippen LogP contribution in [0.5, 0.6) is 0 Å². The molecule has 2 aliphatic rings. The van der Waals surface area contributed by atoms with Crippen molar-refractivity contribution in [2.45, 2.75) is 37.6 Å². The lowest BCUT2D eigenvalue weighted by atomic mass is 9.74. The van der Waals surface area contributed by atoms with Gasteiger partial charge in [0.2, 0.25) is 0 Å². The summed E-state index contributed by atoms with van der Waals surface area (Å²) >= 11 is 0. The minimum absolute atomic E-state index is 0.136. The van der Waals surface area contributed by atoms with E-state index in [-0.39, 0.29) is 11.5 Å². The number of benzene rings is 1. The van der Waals surface area contributed by atoms with Crippen molar-refractivity contribution in [3.05, 3.63) is 35.9 Å². The third-order valence-electron chi connectivity index (χ3n) is 5.28. The zero-order valence-corrected chi connectivity index (χ0v) is 14.5. The first kappa shape index (κ1) is 17.2. The van der Waals surface area contributed by atoms with E-state index in [4.69, 9.17) is 9.47 Å². The number of nitrogens with zero attached hydrogens (tertiary/aromatic N) is 1. The molecule has 5 nitrogen and oxygen atoms in total. The van der Waals surface area contributed by atoms with E-state index in [9.17, 15) is 4.79 Å². The van der Waals surface area contributed by atoms with Crippen molar-refractivity contribution in [1.29, 1.82) is 0 Å². The van der Waals surface area contributed by atoms with Crippen LogP contribution in [0.4, 0.5) is 4.79 Å². The fourth-order valence-electron chi connectivity index (χ4n) is 3.77. The Morgan fingerprint density at radius 2 is 2.08 bits per heavy atom. The summed E-state index contributed by atoms with van der Waals surface area (Å²) in [4.78, 5) is 13.6. The van der Waals surface area contributed by atoms with Gasteiger partial charge in [-0.3, -0.25) is 0 Å². The molecule has 0 bridgehead atoms. The summed E-state index contributed by atoms with van der Waals surface area (Å²) in [6.07, 6.45) is 2.88. The molecule has 2 heterocycles. The molecule has 132 valence electrons.